The highest BCUT2D eigenvalue weighted by molar-refractivity contribution is 6.00. The second-order valence-corrected chi connectivity index (χ2v) is 14.0. The summed E-state index contributed by atoms with van der Waals surface area (Å²) in [6.45, 7) is 13.1. The Morgan fingerprint density at radius 3 is 2.23 bits per heavy atom. The van der Waals surface area contributed by atoms with Crippen LogP contribution in [-0.2, 0) is 38.1 Å². The minimum absolute atomic E-state index is 0.0436. The number of primary amides is 1. The molecular weight excluding hydrogens is 616 g/mol. The highest BCUT2D eigenvalue weighted by atomic mass is 16.7. The van der Waals surface area contributed by atoms with Crippen molar-refractivity contribution in [3.8, 4) is 0 Å². The molecule has 0 unspecified atom stereocenters. The number of ketones is 2. The minimum atomic E-state index is -1.61. The van der Waals surface area contributed by atoms with Gasteiger partial charge in [-0.25, -0.2) is 20.0 Å². The van der Waals surface area contributed by atoms with Gasteiger partial charge in [-0.15, -0.1) is 0 Å². The highest BCUT2D eigenvalue weighted by Crippen LogP contribution is 2.42. The molecule has 0 bridgehead atoms. The number of carbonyl (C=O) groups is 5. The van der Waals surface area contributed by atoms with Crippen LogP contribution in [0.25, 0.3) is 0 Å². The molecule has 3 heterocycles. The van der Waals surface area contributed by atoms with E-state index in [2.05, 4.69) is 5.43 Å². The summed E-state index contributed by atoms with van der Waals surface area (Å²) in [6, 6.07) is -2.49. The van der Waals surface area contributed by atoms with E-state index < -0.39 is 89.4 Å². The Balaban J connectivity index is 2.15. The minimum Gasteiger partial charge on any atom is -0.457 e. The van der Waals surface area contributed by atoms with Crippen LogP contribution in [0.2, 0.25) is 0 Å². The van der Waals surface area contributed by atoms with Crippen LogP contribution < -0.4 is 11.2 Å². The zero-order valence-corrected chi connectivity index (χ0v) is 29.5. The van der Waals surface area contributed by atoms with Crippen molar-refractivity contribution < 1.29 is 52.8 Å². The number of hydrazine groups is 1. The summed E-state index contributed by atoms with van der Waals surface area (Å²) in [6.07, 6.45) is -4.93. The van der Waals surface area contributed by atoms with E-state index in [0.29, 0.717) is 6.42 Å². The first-order valence-electron chi connectivity index (χ1n) is 16.3. The summed E-state index contributed by atoms with van der Waals surface area (Å²) in [5.74, 6) is -5.69. The number of rotatable bonds is 6. The van der Waals surface area contributed by atoms with Gasteiger partial charge in [0.05, 0.1) is 17.8 Å². The third-order valence-corrected chi connectivity index (χ3v) is 10.3. The maximum atomic E-state index is 14.2. The fraction of sp³-hybridized carbons (Fsp3) is 0.844. The first-order valence-corrected chi connectivity index (χ1v) is 16.3. The Morgan fingerprint density at radius 1 is 1.09 bits per heavy atom. The van der Waals surface area contributed by atoms with Crippen LogP contribution in [0.3, 0.4) is 0 Å². The summed E-state index contributed by atoms with van der Waals surface area (Å²) in [7, 11) is 5.12. The van der Waals surface area contributed by atoms with Crippen molar-refractivity contribution in [1.29, 1.82) is 0 Å². The number of amides is 3. The SMILES string of the molecule is CC[C@@H]1OC(=O)[C@H](C)C(=O)[C@H](C)[C@@H](O[C@@H]2O[C@H](C)C[C@H](N(C)C)[C@H]2O)[C@](C)(OC)C[C@@H](C)C(=O)[C@@H](C)[C@H]2N(NC(N)=O)C(=O)O[C@]12C. The molecule has 47 heavy (non-hydrogen) atoms. The van der Waals surface area contributed by atoms with Crippen LogP contribution in [0.5, 0.6) is 0 Å². The smallest absolute Gasteiger partial charge is 0.429 e. The number of aliphatic hydroxyl groups is 1. The molecule has 0 radical (unpaired) electrons. The van der Waals surface area contributed by atoms with Gasteiger partial charge < -0.3 is 39.4 Å². The largest absolute Gasteiger partial charge is 0.457 e. The van der Waals surface area contributed by atoms with Gasteiger partial charge in [0.1, 0.15) is 30.0 Å². The van der Waals surface area contributed by atoms with Gasteiger partial charge in [0.15, 0.2) is 17.7 Å². The average molecular weight is 671 g/mol. The van der Waals surface area contributed by atoms with E-state index in [1.54, 1.807) is 34.6 Å². The summed E-state index contributed by atoms with van der Waals surface area (Å²) in [4.78, 5) is 68.8. The summed E-state index contributed by atoms with van der Waals surface area (Å²) in [5.41, 5.74) is 4.70. The zero-order chi connectivity index (χ0) is 35.8. The first kappa shape index (κ1) is 38.6. The van der Waals surface area contributed by atoms with Crippen molar-refractivity contribution in [1.82, 2.24) is 15.3 Å². The van der Waals surface area contributed by atoms with E-state index in [-0.39, 0.29) is 30.8 Å². The zero-order valence-electron chi connectivity index (χ0n) is 29.5. The Morgan fingerprint density at radius 2 is 1.70 bits per heavy atom. The number of hydrogen-bond donors (Lipinski definition) is 3. The molecule has 4 N–H and O–H groups in total. The van der Waals surface area contributed by atoms with Crippen molar-refractivity contribution in [2.45, 2.75) is 129 Å². The molecule has 0 aromatic rings. The summed E-state index contributed by atoms with van der Waals surface area (Å²) in [5, 5.41) is 12.2. The Hall–Kier alpha value is -2.85. The number of urea groups is 1. The third kappa shape index (κ3) is 7.58. The predicted molar refractivity (Wildman–Crippen MR) is 167 cm³/mol. The molecule has 0 aromatic carbocycles. The molecule has 3 amide bonds. The first-order chi connectivity index (χ1) is 21.7. The molecule has 15 heteroatoms. The van der Waals surface area contributed by atoms with Gasteiger partial charge in [0, 0.05) is 30.9 Å². The lowest BCUT2D eigenvalue weighted by molar-refractivity contribution is -0.295. The number of Topliss-reactive ketones (excluding diaryl/α,β-unsaturated/α-hetero) is 2. The predicted octanol–water partition coefficient (Wildman–Crippen LogP) is 1.77. The molecule has 3 saturated heterocycles. The molecule has 3 fully saturated rings. The number of methoxy groups -OCH3 is 1. The molecule has 13 atom stereocenters. The lowest BCUT2D eigenvalue weighted by Crippen LogP contribution is -2.62. The van der Waals surface area contributed by atoms with E-state index in [4.69, 9.17) is 29.4 Å². The number of aliphatic hydroxyl groups excluding tert-OH is 1. The fourth-order valence-corrected chi connectivity index (χ4v) is 7.60. The molecule has 0 spiro atoms. The van der Waals surface area contributed by atoms with Crippen molar-refractivity contribution >= 4 is 29.7 Å². The molecule has 15 nitrogen and oxygen atoms in total. The lowest BCUT2D eigenvalue weighted by Gasteiger charge is -2.47. The molecule has 3 rings (SSSR count). The molecule has 3 aliphatic heterocycles. The summed E-state index contributed by atoms with van der Waals surface area (Å²) < 4.78 is 30.2. The van der Waals surface area contributed by atoms with Gasteiger partial charge in [0.2, 0.25) is 0 Å². The fourth-order valence-electron chi connectivity index (χ4n) is 7.60. The molecular formula is C32H54N4O11. The number of ether oxygens (including phenoxy) is 5. The molecule has 0 aromatic heterocycles. The Bertz CT molecular complexity index is 1200. The summed E-state index contributed by atoms with van der Waals surface area (Å²) >= 11 is 0. The van der Waals surface area contributed by atoms with Crippen LogP contribution in [0.1, 0.15) is 74.7 Å². The van der Waals surface area contributed by atoms with Crippen molar-refractivity contribution in [2.24, 2.45) is 29.4 Å². The maximum Gasteiger partial charge on any atom is 0.429 e. The van der Waals surface area contributed by atoms with E-state index in [0.717, 1.165) is 5.01 Å². The number of fused-ring (bicyclic) bond motifs is 1. The number of esters is 1. The second-order valence-electron chi connectivity index (χ2n) is 14.0. The third-order valence-electron chi connectivity index (χ3n) is 10.3. The van der Waals surface area contributed by atoms with E-state index in [1.807, 2.05) is 25.9 Å². The van der Waals surface area contributed by atoms with Crippen LogP contribution in [0.15, 0.2) is 0 Å². The number of nitrogens with two attached hydrogens (primary N) is 1. The van der Waals surface area contributed by atoms with Gasteiger partial charge in [-0.3, -0.25) is 14.4 Å². The lowest BCUT2D eigenvalue weighted by atomic mass is 9.73. The van der Waals surface area contributed by atoms with Gasteiger partial charge in [-0.05, 0) is 61.1 Å². The number of nitrogens with zero attached hydrogens (tertiary/aromatic N) is 2. The quantitative estimate of drug-likeness (QED) is 0.274. The number of carbonyl (C=O) groups excluding carboxylic acids is 5. The second kappa shape index (κ2) is 14.7. The maximum absolute atomic E-state index is 14.2. The van der Waals surface area contributed by atoms with Crippen LogP contribution in [0, 0.1) is 23.7 Å². The van der Waals surface area contributed by atoms with Crippen molar-refractivity contribution in [2.75, 3.05) is 21.2 Å². The van der Waals surface area contributed by atoms with Crippen molar-refractivity contribution in [3.63, 3.8) is 0 Å². The topological polar surface area (TPSA) is 196 Å². The van der Waals surface area contributed by atoms with Gasteiger partial charge in [-0.1, -0.05) is 27.7 Å². The number of nitrogens with one attached hydrogen (secondary N) is 1. The average Bonchev–Trinajstić information content (AvgIpc) is 3.25. The Kier molecular flexibility index (Phi) is 12.1. The standard InChI is InChI=1S/C32H54N4O11/c1-12-21-32(8)25(36(30(42)47-32)34-29(33)41)17(4)22(37)15(2)14-31(7,43-11)26(18(5)23(38)19(6)27(40)45-21)46-28-24(39)20(35(9)10)13-16(3)44-28/h15-21,24-26,28,39H,12-14H2,1-11H3,(H3,33,34,41)/t15-,16-,17-,18+,19-,20+,21+,24-,25-,26-,28+,31-,32-/m1/s1. The van der Waals surface area contributed by atoms with Gasteiger partial charge >= 0.3 is 18.1 Å². The van der Waals surface area contributed by atoms with E-state index in [1.165, 1.54) is 21.0 Å². The van der Waals surface area contributed by atoms with Crippen molar-refractivity contribution in [3.05, 3.63) is 0 Å². The van der Waals surface area contributed by atoms with E-state index >= 15 is 0 Å². The van der Waals surface area contributed by atoms with Crippen LogP contribution in [0.4, 0.5) is 9.59 Å². The molecule has 0 saturated carbocycles. The van der Waals surface area contributed by atoms with Crippen LogP contribution >= 0.6 is 0 Å². The van der Waals surface area contributed by atoms with Gasteiger partial charge in [0.25, 0.3) is 0 Å². The Labute approximate surface area is 277 Å². The number of cyclic esters (lactones) is 1. The highest BCUT2D eigenvalue weighted by Gasteiger charge is 2.61. The monoisotopic (exact) mass is 670 g/mol. The van der Waals surface area contributed by atoms with Gasteiger partial charge in [-0.2, -0.15) is 0 Å². The molecule has 3 aliphatic rings. The normalized spacial score (nSPS) is 42.4. The van der Waals surface area contributed by atoms with E-state index in [9.17, 15) is 29.1 Å². The number of likely N-dealkylation sites (N-methyl/N-ethyl adjacent to an activating group) is 1. The molecule has 0 aliphatic carbocycles. The molecule has 268 valence electrons. The van der Waals surface area contributed by atoms with Crippen LogP contribution in [-0.4, -0.2) is 120 Å². The number of hydrogen-bond acceptors (Lipinski definition) is 12.